The van der Waals surface area contributed by atoms with Crippen LogP contribution >= 0.6 is 0 Å². The lowest BCUT2D eigenvalue weighted by molar-refractivity contribution is 0.0691. The van der Waals surface area contributed by atoms with Crippen molar-refractivity contribution in [3.63, 3.8) is 0 Å². The maximum Gasteiger partial charge on any atom is 0.357 e. The molecule has 0 aliphatic rings. The summed E-state index contributed by atoms with van der Waals surface area (Å²) in [6.07, 6.45) is 0. The molecule has 0 saturated heterocycles. The summed E-state index contributed by atoms with van der Waals surface area (Å²) in [5.41, 5.74) is 0.469. The van der Waals surface area contributed by atoms with E-state index in [1.807, 2.05) is 6.07 Å². The minimum absolute atomic E-state index is 0.233. The normalized spacial score (nSPS) is 10.8. The molecule has 7 nitrogen and oxygen atoms in total. The molecule has 1 heterocycles. The number of aromatic nitrogens is 1. The van der Waals surface area contributed by atoms with Gasteiger partial charge in [0.15, 0.2) is 17.1 Å². The Balaban J connectivity index is 2.15. The summed E-state index contributed by atoms with van der Waals surface area (Å²) in [4.78, 5) is 15.4. The number of hydrogen-bond donors (Lipinski definition) is 2. The standard InChI is InChI=1S/C17H10N4O3/c18-9-10-4-3-5-11(8-10)20-21-14-15(17(23)24)19-13-7-2-1-6-12(13)16(14)22/h1-8H,(H,19,22)(H,23,24)/b21-20+. The number of carbonyl (C=O) groups is 1. The number of azo groups is 1. The summed E-state index contributed by atoms with van der Waals surface area (Å²) in [6.45, 7) is 0. The number of benzene rings is 2. The van der Waals surface area contributed by atoms with Gasteiger partial charge in [-0.15, -0.1) is 5.11 Å². The molecule has 0 unspecified atom stereocenters. The number of carboxylic acid groups (broad SMARTS) is 1. The molecule has 3 rings (SSSR count). The Morgan fingerprint density at radius 3 is 2.67 bits per heavy atom. The number of fused-ring (bicyclic) bond motifs is 1. The van der Waals surface area contributed by atoms with Crippen molar-refractivity contribution in [2.24, 2.45) is 10.2 Å². The van der Waals surface area contributed by atoms with E-state index < -0.39 is 11.7 Å². The number of hydrogen-bond acceptors (Lipinski definition) is 6. The summed E-state index contributed by atoms with van der Waals surface area (Å²) < 4.78 is 0. The maximum absolute atomic E-state index is 11.4. The molecular formula is C17H10N4O3. The van der Waals surface area contributed by atoms with Crippen molar-refractivity contribution in [3.05, 3.63) is 59.8 Å². The monoisotopic (exact) mass is 318 g/mol. The van der Waals surface area contributed by atoms with Crippen LogP contribution < -0.4 is 0 Å². The third kappa shape index (κ3) is 2.76. The van der Waals surface area contributed by atoms with Crippen LogP contribution in [0.4, 0.5) is 11.4 Å². The summed E-state index contributed by atoms with van der Waals surface area (Å²) >= 11 is 0. The SMILES string of the molecule is N#Cc1cccc(/N=N/c2c(C(=O)O)nc3ccccc3c2O)c1. The van der Waals surface area contributed by atoms with Crippen molar-refractivity contribution in [2.45, 2.75) is 0 Å². The molecule has 0 fully saturated rings. The van der Waals surface area contributed by atoms with Crippen LogP contribution in [0.25, 0.3) is 10.9 Å². The van der Waals surface area contributed by atoms with Crippen LogP contribution in [0.5, 0.6) is 5.75 Å². The number of aromatic carboxylic acids is 1. The van der Waals surface area contributed by atoms with Gasteiger partial charge < -0.3 is 10.2 Å². The summed E-state index contributed by atoms with van der Waals surface area (Å²) in [5.74, 6) is -1.63. The van der Waals surface area contributed by atoms with Crippen LogP contribution in [0.15, 0.2) is 58.8 Å². The first-order chi connectivity index (χ1) is 11.6. The van der Waals surface area contributed by atoms with Crippen molar-refractivity contribution in [1.29, 1.82) is 5.26 Å². The third-order valence-corrected chi connectivity index (χ3v) is 3.28. The lowest BCUT2D eigenvalue weighted by atomic mass is 10.1. The van der Waals surface area contributed by atoms with E-state index in [9.17, 15) is 15.0 Å². The molecule has 116 valence electrons. The molecule has 0 aliphatic heterocycles. The van der Waals surface area contributed by atoms with Gasteiger partial charge >= 0.3 is 5.97 Å². The molecule has 0 aliphatic carbocycles. The molecule has 0 saturated carbocycles. The topological polar surface area (TPSA) is 119 Å². The zero-order valence-corrected chi connectivity index (χ0v) is 12.2. The Bertz CT molecular complexity index is 1020. The fraction of sp³-hybridized carbons (Fsp3) is 0. The summed E-state index contributed by atoms with van der Waals surface area (Å²) in [5, 5.41) is 36.7. The fourth-order valence-electron chi connectivity index (χ4n) is 2.17. The van der Waals surface area contributed by atoms with E-state index in [1.54, 1.807) is 42.5 Å². The van der Waals surface area contributed by atoms with Gasteiger partial charge in [0, 0.05) is 5.39 Å². The number of nitriles is 1. The average Bonchev–Trinajstić information content (AvgIpc) is 2.61. The lowest BCUT2D eigenvalue weighted by Gasteiger charge is -2.06. The summed E-state index contributed by atoms with van der Waals surface area (Å²) in [7, 11) is 0. The predicted molar refractivity (Wildman–Crippen MR) is 85.7 cm³/mol. The van der Waals surface area contributed by atoms with Crippen molar-refractivity contribution in [2.75, 3.05) is 0 Å². The number of para-hydroxylation sites is 1. The van der Waals surface area contributed by atoms with Crippen LogP contribution in [-0.2, 0) is 0 Å². The van der Waals surface area contributed by atoms with Gasteiger partial charge in [0.25, 0.3) is 0 Å². The second-order valence-corrected chi connectivity index (χ2v) is 4.84. The number of pyridine rings is 1. The van der Waals surface area contributed by atoms with Crippen LogP contribution in [0.2, 0.25) is 0 Å². The molecule has 1 aromatic heterocycles. The number of aromatic hydroxyl groups is 1. The van der Waals surface area contributed by atoms with Crippen molar-refractivity contribution in [3.8, 4) is 11.8 Å². The van der Waals surface area contributed by atoms with Crippen molar-refractivity contribution in [1.82, 2.24) is 4.98 Å². The zero-order chi connectivity index (χ0) is 17.1. The van der Waals surface area contributed by atoms with Crippen LogP contribution in [0, 0.1) is 11.3 Å². The molecule has 0 bridgehead atoms. The summed E-state index contributed by atoms with van der Waals surface area (Å²) in [6, 6.07) is 14.9. The number of rotatable bonds is 3. The second kappa shape index (κ2) is 6.14. The second-order valence-electron chi connectivity index (χ2n) is 4.84. The third-order valence-electron chi connectivity index (χ3n) is 3.28. The van der Waals surface area contributed by atoms with Gasteiger partial charge in [-0.05, 0) is 30.3 Å². The molecule has 24 heavy (non-hydrogen) atoms. The van der Waals surface area contributed by atoms with E-state index in [-0.39, 0.29) is 11.4 Å². The Morgan fingerprint density at radius 2 is 1.92 bits per heavy atom. The van der Waals surface area contributed by atoms with E-state index in [0.29, 0.717) is 22.2 Å². The molecule has 0 atom stereocenters. The number of nitrogens with zero attached hydrogens (tertiary/aromatic N) is 4. The number of carboxylic acids is 1. The first kappa shape index (κ1) is 15.1. The molecule has 3 aromatic rings. The molecular weight excluding hydrogens is 308 g/mol. The molecule has 7 heteroatoms. The first-order valence-corrected chi connectivity index (χ1v) is 6.87. The van der Waals surface area contributed by atoms with Gasteiger partial charge in [-0.1, -0.05) is 18.2 Å². The first-order valence-electron chi connectivity index (χ1n) is 6.87. The molecule has 0 radical (unpaired) electrons. The van der Waals surface area contributed by atoms with Crippen molar-refractivity contribution >= 4 is 28.2 Å². The van der Waals surface area contributed by atoms with E-state index in [1.165, 1.54) is 6.07 Å². The lowest BCUT2D eigenvalue weighted by Crippen LogP contribution is -2.01. The van der Waals surface area contributed by atoms with Gasteiger partial charge in [-0.3, -0.25) is 0 Å². The van der Waals surface area contributed by atoms with E-state index in [2.05, 4.69) is 15.2 Å². The minimum Gasteiger partial charge on any atom is -0.505 e. The molecule has 0 spiro atoms. The van der Waals surface area contributed by atoms with Crippen LogP contribution in [-0.4, -0.2) is 21.2 Å². The van der Waals surface area contributed by atoms with Gasteiger partial charge in [0.2, 0.25) is 0 Å². The van der Waals surface area contributed by atoms with Crippen molar-refractivity contribution < 1.29 is 15.0 Å². The smallest absolute Gasteiger partial charge is 0.357 e. The van der Waals surface area contributed by atoms with Gasteiger partial charge in [0.1, 0.15) is 0 Å². The highest BCUT2D eigenvalue weighted by atomic mass is 16.4. The Morgan fingerprint density at radius 1 is 1.12 bits per heavy atom. The van der Waals surface area contributed by atoms with Crippen LogP contribution in [0.3, 0.4) is 0 Å². The molecule has 0 amide bonds. The average molecular weight is 318 g/mol. The molecule has 2 aromatic carbocycles. The Labute approximate surface area is 136 Å². The fourth-order valence-corrected chi connectivity index (χ4v) is 2.17. The highest BCUT2D eigenvalue weighted by Gasteiger charge is 2.19. The van der Waals surface area contributed by atoms with E-state index in [0.717, 1.165) is 0 Å². The molecule has 2 N–H and O–H groups in total. The zero-order valence-electron chi connectivity index (χ0n) is 12.2. The van der Waals surface area contributed by atoms with Gasteiger partial charge in [-0.25, -0.2) is 9.78 Å². The maximum atomic E-state index is 11.4. The van der Waals surface area contributed by atoms with E-state index in [4.69, 9.17) is 5.26 Å². The Hall–Kier alpha value is -3.79. The van der Waals surface area contributed by atoms with Gasteiger partial charge in [0.05, 0.1) is 22.8 Å². The largest absolute Gasteiger partial charge is 0.505 e. The van der Waals surface area contributed by atoms with Gasteiger partial charge in [-0.2, -0.15) is 10.4 Å². The van der Waals surface area contributed by atoms with Crippen LogP contribution in [0.1, 0.15) is 16.1 Å². The highest BCUT2D eigenvalue weighted by Crippen LogP contribution is 2.37. The highest BCUT2D eigenvalue weighted by molar-refractivity contribution is 6.00. The predicted octanol–water partition coefficient (Wildman–Crippen LogP) is 3.93. The van der Waals surface area contributed by atoms with E-state index >= 15 is 0 Å². The Kier molecular flexibility index (Phi) is 3.87. The minimum atomic E-state index is -1.32. The quantitative estimate of drug-likeness (QED) is 0.709.